The molecule has 4 heteroatoms. The lowest BCUT2D eigenvalue weighted by atomic mass is 10.3. The second kappa shape index (κ2) is 2.54. The monoisotopic (exact) mass is 153 g/mol. The Kier molecular flexibility index (Phi) is 1.54. The highest BCUT2D eigenvalue weighted by Crippen LogP contribution is 2.17. The van der Waals surface area contributed by atoms with Crippen molar-refractivity contribution in [2.45, 2.75) is 6.04 Å². The summed E-state index contributed by atoms with van der Waals surface area (Å²) >= 11 is 0. The third-order valence-corrected chi connectivity index (χ3v) is 1.88. The van der Waals surface area contributed by atoms with E-state index in [0.29, 0.717) is 6.04 Å². The molecule has 0 aromatic carbocycles. The molecule has 60 valence electrons. The van der Waals surface area contributed by atoms with Crippen molar-refractivity contribution in [3.05, 3.63) is 12.4 Å². The van der Waals surface area contributed by atoms with E-state index in [4.69, 9.17) is 4.74 Å². The van der Waals surface area contributed by atoms with Gasteiger partial charge < -0.3 is 10.1 Å². The maximum absolute atomic E-state index is 5.05. The summed E-state index contributed by atoms with van der Waals surface area (Å²) in [5.41, 5.74) is 1.05. The van der Waals surface area contributed by atoms with Gasteiger partial charge in [0.2, 0.25) is 0 Å². The standard InChI is InChI=1S/C7H11N3O/c1-8-6-2-9-10(3-6)7-4-11-5-7/h2-3,7-8H,4-5H2,1H3. The fourth-order valence-electron chi connectivity index (χ4n) is 1.04. The number of nitrogens with one attached hydrogen (secondary N) is 1. The molecule has 0 aliphatic carbocycles. The highest BCUT2D eigenvalue weighted by atomic mass is 16.5. The van der Waals surface area contributed by atoms with Crippen LogP contribution in [0.15, 0.2) is 12.4 Å². The molecule has 0 amide bonds. The molecule has 2 heterocycles. The largest absolute Gasteiger partial charge is 0.386 e. The molecule has 0 radical (unpaired) electrons. The molecule has 0 atom stereocenters. The molecule has 4 nitrogen and oxygen atoms in total. The molecule has 11 heavy (non-hydrogen) atoms. The molecule has 1 aromatic rings. The topological polar surface area (TPSA) is 39.1 Å². The van der Waals surface area contributed by atoms with Crippen LogP contribution in [0.5, 0.6) is 0 Å². The van der Waals surface area contributed by atoms with Crippen LogP contribution in [0.25, 0.3) is 0 Å². The lowest BCUT2D eigenvalue weighted by Gasteiger charge is -2.25. The van der Waals surface area contributed by atoms with Gasteiger partial charge in [0.25, 0.3) is 0 Å². The van der Waals surface area contributed by atoms with Crippen LogP contribution in [0.3, 0.4) is 0 Å². The van der Waals surface area contributed by atoms with E-state index < -0.39 is 0 Å². The highest BCUT2D eigenvalue weighted by molar-refractivity contribution is 5.37. The Morgan fingerprint density at radius 3 is 3.00 bits per heavy atom. The average molecular weight is 153 g/mol. The third kappa shape index (κ3) is 1.09. The molecule has 1 aromatic heterocycles. The number of ether oxygens (including phenoxy) is 1. The van der Waals surface area contributed by atoms with E-state index in [1.54, 1.807) is 0 Å². The van der Waals surface area contributed by atoms with Crippen molar-refractivity contribution in [1.29, 1.82) is 0 Å². The maximum atomic E-state index is 5.05. The first kappa shape index (κ1) is 6.67. The van der Waals surface area contributed by atoms with E-state index in [1.807, 2.05) is 24.1 Å². The zero-order chi connectivity index (χ0) is 7.68. The summed E-state index contributed by atoms with van der Waals surface area (Å²) in [6.45, 7) is 1.59. The lowest BCUT2D eigenvalue weighted by molar-refractivity contribution is -0.0286. The molecule has 1 aliphatic heterocycles. The average Bonchev–Trinajstić information content (AvgIpc) is 2.32. The van der Waals surface area contributed by atoms with E-state index in [9.17, 15) is 0 Å². The smallest absolute Gasteiger partial charge is 0.0986 e. The van der Waals surface area contributed by atoms with Crippen LogP contribution in [0, 0.1) is 0 Å². The molecule has 1 N–H and O–H groups in total. The van der Waals surface area contributed by atoms with Crippen LogP contribution in [0.2, 0.25) is 0 Å². The SMILES string of the molecule is CNc1cnn(C2COC2)c1. The van der Waals surface area contributed by atoms with Gasteiger partial charge in [-0.05, 0) is 0 Å². The van der Waals surface area contributed by atoms with Crippen LogP contribution < -0.4 is 5.32 Å². The second-order valence-electron chi connectivity index (χ2n) is 2.65. The van der Waals surface area contributed by atoms with Gasteiger partial charge in [0.1, 0.15) is 0 Å². The lowest BCUT2D eigenvalue weighted by Crippen LogP contribution is -2.30. The van der Waals surface area contributed by atoms with E-state index >= 15 is 0 Å². The zero-order valence-corrected chi connectivity index (χ0v) is 6.45. The Bertz CT molecular complexity index is 242. The molecule has 1 saturated heterocycles. The number of nitrogens with zero attached hydrogens (tertiary/aromatic N) is 2. The Morgan fingerprint density at radius 1 is 1.73 bits per heavy atom. The van der Waals surface area contributed by atoms with Crippen LogP contribution in [0.4, 0.5) is 5.69 Å². The number of hydrogen-bond donors (Lipinski definition) is 1. The van der Waals surface area contributed by atoms with Gasteiger partial charge in [-0.25, -0.2) is 0 Å². The summed E-state index contributed by atoms with van der Waals surface area (Å²) in [7, 11) is 1.89. The van der Waals surface area contributed by atoms with Gasteiger partial charge in [-0.1, -0.05) is 0 Å². The first-order valence-corrected chi connectivity index (χ1v) is 3.70. The van der Waals surface area contributed by atoms with Crippen molar-refractivity contribution in [2.75, 3.05) is 25.6 Å². The fraction of sp³-hybridized carbons (Fsp3) is 0.571. The molecule has 0 bridgehead atoms. The van der Waals surface area contributed by atoms with Gasteiger partial charge in [0.15, 0.2) is 0 Å². The molecule has 0 saturated carbocycles. The molecule has 1 fully saturated rings. The second-order valence-corrected chi connectivity index (χ2v) is 2.65. The molecule has 2 rings (SSSR count). The minimum absolute atomic E-state index is 0.456. The van der Waals surface area contributed by atoms with Gasteiger partial charge in [0, 0.05) is 13.2 Å². The van der Waals surface area contributed by atoms with Crippen molar-refractivity contribution >= 4 is 5.69 Å². The first-order chi connectivity index (χ1) is 5.40. The molecule has 0 spiro atoms. The first-order valence-electron chi connectivity index (χ1n) is 3.70. The van der Waals surface area contributed by atoms with E-state index in [-0.39, 0.29) is 0 Å². The molecular formula is C7H11N3O. The van der Waals surface area contributed by atoms with Gasteiger partial charge in [-0.15, -0.1) is 0 Å². The Balaban J connectivity index is 2.11. The summed E-state index contributed by atoms with van der Waals surface area (Å²) in [4.78, 5) is 0. The summed E-state index contributed by atoms with van der Waals surface area (Å²) in [5, 5.41) is 7.21. The van der Waals surface area contributed by atoms with E-state index in [2.05, 4.69) is 10.4 Å². The predicted octanol–water partition coefficient (Wildman–Crippen LogP) is 0.496. The van der Waals surface area contributed by atoms with Gasteiger partial charge >= 0.3 is 0 Å². The van der Waals surface area contributed by atoms with Crippen molar-refractivity contribution in [2.24, 2.45) is 0 Å². The Labute approximate surface area is 65.2 Å². The number of hydrogen-bond acceptors (Lipinski definition) is 3. The van der Waals surface area contributed by atoms with Crippen molar-refractivity contribution in [3.8, 4) is 0 Å². The third-order valence-electron chi connectivity index (χ3n) is 1.88. The molecular weight excluding hydrogens is 142 g/mol. The Hall–Kier alpha value is -1.03. The molecule has 0 unspecified atom stereocenters. The highest BCUT2D eigenvalue weighted by Gasteiger charge is 2.20. The summed E-state index contributed by atoms with van der Waals surface area (Å²) in [6.07, 6.45) is 3.81. The zero-order valence-electron chi connectivity index (χ0n) is 6.45. The van der Waals surface area contributed by atoms with Gasteiger partial charge in [-0.2, -0.15) is 5.10 Å². The van der Waals surface area contributed by atoms with E-state index in [0.717, 1.165) is 18.9 Å². The van der Waals surface area contributed by atoms with Crippen molar-refractivity contribution in [3.63, 3.8) is 0 Å². The maximum Gasteiger partial charge on any atom is 0.0986 e. The summed E-state index contributed by atoms with van der Waals surface area (Å²) in [5.74, 6) is 0. The van der Waals surface area contributed by atoms with Crippen LogP contribution in [0.1, 0.15) is 6.04 Å². The summed E-state index contributed by atoms with van der Waals surface area (Å²) in [6, 6.07) is 0.456. The minimum Gasteiger partial charge on any atom is -0.386 e. The predicted molar refractivity (Wildman–Crippen MR) is 41.6 cm³/mol. The van der Waals surface area contributed by atoms with Crippen LogP contribution in [-0.2, 0) is 4.74 Å². The van der Waals surface area contributed by atoms with E-state index in [1.165, 1.54) is 0 Å². The van der Waals surface area contributed by atoms with Crippen molar-refractivity contribution < 1.29 is 4.74 Å². The minimum atomic E-state index is 0.456. The number of aromatic nitrogens is 2. The fourth-order valence-corrected chi connectivity index (χ4v) is 1.04. The van der Waals surface area contributed by atoms with Crippen LogP contribution in [-0.4, -0.2) is 30.0 Å². The van der Waals surface area contributed by atoms with Crippen LogP contribution >= 0.6 is 0 Å². The number of anilines is 1. The Morgan fingerprint density at radius 2 is 2.55 bits per heavy atom. The molecule has 1 aliphatic rings. The van der Waals surface area contributed by atoms with Gasteiger partial charge in [-0.3, -0.25) is 4.68 Å². The van der Waals surface area contributed by atoms with Crippen molar-refractivity contribution in [1.82, 2.24) is 9.78 Å². The van der Waals surface area contributed by atoms with Gasteiger partial charge in [0.05, 0.1) is 31.1 Å². The number of rotatable bonds is 2. The quantitative estimate of drug-likeness (QED) is 0.672. The summed E-state index contributed by atoms with van der Waals surface area (Å²) < 4.78 is 6.99. The normalized spacial score (nSPS) is 17.9.